The maximum absolute atomic E-state index is 12.4. The quantitative estimate of drug-likeness (QED) is 0.744. The van der Waals surface area contributed by atoms with E-state index in [0.717, 1.165) is 15.6 Å². The van der Waals surface area contributed by atoms with Crippen molar-refractivity contribution in [2.75, 3.05) is 5.32 Å². The molecule has 1 amide bonds. The van der Waals surface area contributed by atoms with Gasteiger partial charge in [0.25, 0.3) is 5.91 Å². The molecule has 1 aromatic heterocycles. The van der Waals surface area contributed by atoms with Gasteiger partial charge in [0.05, 0.1) is 0 Å². The molecule has 0 bridgehead atoms. The van der Waals surface area contributed by atoms with Gasteiger partial charge in [0.1, 0.15) is 6.04 Å². The Morgan fingerprint density at radius 2 is 1.88 bits per heavy atom. The summed E-state index contributed by atoms with van der Waals surface area (Å²) in [5.74, 6) is 0.308. The molecule has 1 N–H and O–H groups in total. The van der Waals surface area contributed by atoms with E-state index in [1.165, 1.54) is 4.80 Å². The smallest absolute Gasteiger partial charge is 0.250 e. The Morgan fingerprint density at radius 3 is 2.58 bits per heavy atom. The molecule has 0 fully saturated rings. The van der Waals surface area contributed by atoms with Crippen molar-refractivity contribution in [3.63, 3.8) is 0 Å². The van der Waals surface area contributed by atoms with Gasteiger partial charge < -0.3 is 5.32 Å². The third-order valence-corrected chi connectivity index (χ3v) is 4.18. The SMILES string of the molecule is Cc1ccccc1-c1nnn([C@H](C)C(=O)Nc2ccc(Br)cc2)n1. The minimum absolute atomic E-state index is 0.203. The van der Waals surface area contributed by atoms with Gasteiger partial charge in [-0.1, -0.05) is 40.2 Å². The monoisotopic (exact) mass is 385 g/mol. The molecule has 0 aliphatic heterocycles. The largest absolute Gasteiger partial charge is 0.324 e. The molecule has 0 saturated heterocycles. The van der Waals surface area contributed by atoms with E-state index >= 15 is 0 Å². The van der Waals surface area contributed by atoms with Crippen LogP contribution in [0.4, 0.5) is 5.69 Å². The molecule has 7 heteroatoms. The summed E-state index contributed by atoms with van der Waals surface area (Å²) >= 11 is 3.36. The maximum atomic E-state index is 12.4. The van der Waals surface area contributed by atoms with Gasteiger partial charge in [-0.25, -0.2) is 0 Å². The van der Waals surface area contributed by atoms with Gasteiger partial charge in [0.2, 0.25) is 5.82 Å². The van der Waals surface area contributed by atoms with Crippen LogP contribution in [-0.4, -0.2) is 26.1 Å². The van der Waals surface area contributed by atoms with E-state index in [1.54, 1.807) is 6.92 Å². The normalized spacial score (nSPS) is 12.0. The average molecular weight is 386 g/mol. The molecule has 122 valence electrons. The van der Waals surface area contributed by atoms with Crippen LogP contribution in [0.15, 0.2) is 53.0 Å². The lowest BCUT2D eigenvalue weighted by Gasteiger charge is -2.10. The van der Waals surface area contributed by atoms with Gasteiger partial charge >= 0.3 is 0 Å². The van der Waals surface area contributed by atoms with Crippen molar-refractivity contribution >= 4 is 27.5 Å². The second kappa shape index (κ2) is 6.92. The van der Waals surface area contributed by atoms with Crippen LogP contribution >= 0.6 is 15.9 Å². The number of nitrogens with zero attached hydrogens (tertiary/aromatic N) is 4. The molecule has 0 unspecified atom stereocenters. The molecule has 1 atom stereocenters. The molecule has 2 aromatic carbocycles. The number of carbonyl (C=O) groups is 1. The topological polar surface area (TPSA) is 72.7 Å². The van der Waals surface area contributed by atoms with Crippen LogP contribution < -0.4 is 5.32 Å². The molecule has 3 aromatic rings. The average Bonchev–Trinajstić information content (AvgIpc) is 3.06. The van der Waals surface area contributed by atoms with Crippen molar-refractivity contribution in [2.24, 2.45) is 0 Å². The van der Waals surface area contributed by atoms with Crippen molar-refractivity contribution in [3.05, 3.63) is 58.6 Å². The minimum atomic E-state index is -0.570. The van der Waals surface area contributed by atoms with Gasteiger partial charge in [-0.3, -0.25) is 4.79 Å². The Hall–Kier alpha value is -2.54. The number of halogens is 1. The van der Waals surface area contributed by atoms with Crippen molar-refractivity contribution in [2.45, 2.75) is 19.9 Å². The predicted molar refractivity (Wildman–Crippen MR) is 95.5 cm³/mol. The minimum Gasteiger partial charge on any atom is -0.324 e. The fraction of sp³-hybridized carbons (Fsp3) is 0.176. The van der Waals surface area contributed by atoms with Crippen LogP contribution in [0.5, 0.6) is 0 Å². The zero-order chi connectivity index (χ0) is 17.1. The highest BCUT2D eigenvalue weighted by atomic mass is 79.9. The fourth-order valence-electron chi connectivity index (χ4n) is 2.21. The number of anilines is 1. The van der Waals surface area contributed by atoms with E-state index in [0.29, 0.717) is 11.5 Å². The molecule has 3 rings (SSSR count). The van der Waals surface area contributed by atoms with Gasteiger partial charge in [-0.15, -0.1) is 10.2 Å². The van der Waals surface area contributed by atoms with Crippen molar-refractivity contribution in [1.82, 2.24) is 20.2 Å². The number of tetrazole rings is 1. The third kappa shape index (κ3) is 3.51. The number of carbonyl (C=O) groups excluding carboxylic acids is 1. The van der Waals surface area contributed by atoms with Gasteiger partial charge in [0, 0.05) is 15.7 Å². The Kier molecular flexibility index (Phi) is 4.71. The van der Waals surface area contributed by atoms with Gasteiger partial charge in [-0.05, 0) is 48.9 Å². The second-order valence-corrected chi connectivity index (χ2v) is 6.34. The van der Waals surface area contributed by atoms with Crippen LogP contribution in [-0.2, 0) is 4.79 Å². The summed E-state index contributed by atoms with van der Waals surface area (Å²) in [7, 11) is 0. The number of aryl methyl sites for hydroxylation is 1. The first-order chi connectivity index (χ1) is 11.5. The van der Waals surface area contributed by atoms with Gasteiger partial charge in [0.15, 0.2) is 0 Å². The lowest BCUT2D eigenvalue weighted by Crippen LogP contribution is -2.25. The van der Waals surface area contributed by atoms with E-state index < -0.39 is 6.04 Å². The van der Waals surface area contributed by atoms with Crippen molar-refractivity contribution in [1.29, 1.82) is 0 Å². The Labute approximate surface area is 148 Å². The fourth-order valence-corrected chi connectivity index (χ4v) is 2.47. The molecule has 0 aliphatic carbocycles. The summed E-state index contributed by atoms with van der Waals surface area (Å²) in [6.07, 6.45) is 0. The highest BCUT2D eigenvalue weighted by Gasteiger charge is 2.19. The summed E-state index contributed by atoms with van der Waals surface area (Å²) in [6.45, 7) is 3.72. The van der Waals surface area contributed by atoms with E-state index in [1.807, 2.05) is 55.5 Å². The molecular formula is C17H16BrN5O. The van der Waals surface area contributed by atoms with Crippen LogP contribution in [0, 0.1) is 6.92 Å². The molecule has 0 spiro atoms. The first-order valence-electron chi connectivity index (χ1n) is 7.46. The molecule has 24 heavy (non-hydrogen) atoms. The van der Waals surface area contributed by atoms with Crippen LogP contribution in [0.3, 0.4) is 0 Å². The summed E-state index contributed by atoms with van der Waals surface area (Å²) in [5.41, 5.74) is 2.68. The van der Waals surface area contributed by atoms with E-state index in [2.05, 4.69) is 36.7 Å². The first kappa shape index (κ1) is 16.3. The summed E-state index contributed by atoms with van der Waals surface area (Å²) in [5, 5.41) is 15.3. The first-order valence-corrected chi connectivity index (χ1v) is 8.26. The van der Waals surface area contributed by atoms with Gasteiger partial charge in [-0.2, -0.15) is 4.80 Å². The van der Waals surface area contributed by atoms with Crippen LogP contribution in [0.25, 0.3) is 11.4 Å². The predicted octanol–water partition coefficient (Wildman–Crippen LogP) is 3.61. The number of benzene rings is 2. The second-order valence-electron chi connectivity index (χ2n) is 5.42. The Balaban J connectivity index is 1.75. The number of hydrogen-bond donors (Lipinski definition) is 1. The zero-order valence-corrected chi connectivity index (χ0v) is 14.9. The molecular weight excluding hydrogens is 370 g/mol. The highest BCUT2D eigenvalue weighted by Crippen LogP contribution is 2.19. The number of hydrogen-bond acceptors (Lipinski definition) is 4. The van der Waals surface area contributed by atoms with E-state index in [4.69, 9.17) is 0 Å². The summed E-state index contributed by atoms with van der Waals surface area (Å²) in [6, 6.07) is 14.6. The van der Waals surface area contributed by atoms with E-state index in [9.17, 15) is 4.79 Å². The molecule has 0 saturated carbocycles. The molecule has 0 aliphatic rings. The Morgan fingerprint density at radius 1 is 1.17 bits per heavy atom. The lowest BCUT2D eigenvalue weighted by molar-refractivity contribution is -0.119. The number of amides is 1. The molecule has 6 nitrogen and oxygen atoms in total. The summed E-state index contributed by atoms with van der Waals surface area (Å²) in [4.78, 5) is 13.7. The summed E-state index contributed by atoms with van der Waals surface area (Å²) < 4.78 is 0.953. The van der Waals surface area contributed by atoms with Crippen molar-refractivity contribution in [3.8, 4) is 11.4 Å². The van der Waals surface area contributed by atoms with Crippen molar-refractivity contribution < 1.29 is 4.79 Å². The standard InChI is InChI=1S/C17H16BrN5O/c1-11-5-3-4-6-15(11)16-20-22-23(21-16)12(2)17(24)19-14-9-7-13(18)8-10-14/h3-10,12H,1-2H3,(H,19,24)/t12-/m1/s1. The zero-order valence-electron chi connectivity index (χ0n) is 13.3. The third-order valence-electron chi connectivity index (χ3n) is 3.65. The molecule has 1 heterocycles. The maximum Gasteiger partial charge on any atom is 0.250 e. The molecule has 0 radical (unpaired) electrons. The lowest BCUT2D eigenvalue weighted by atomic mass is 10.1. The number of rotatable bonds is 4. The number of nitrogens with one attached hydrogen (secondary N) is 1. The Bertz CT molecular complexity index is 859. The van der Waals surface area contributed by atoms with Crippen LogP contribution in [0.1, 0.15) is 18.5 Å². The highest BCUT2D eigenvalue weighted by molar-refractivity contribution is 9.10. The van der Waals surface area contributed by atoms with Crippen LogP contribution in [0.2, 0.25) is 0 Å². The van der Waals surface area contributed by atoms with E-state index in [-0.39, 0.29) is 5.91 Å². The number of aromatic nitrogens is 4.